The van der Waals surface area contributed by atoms with E-state index in [1.54, 1.807) is 0 Å². The topological polar surface area (TPSA) is 0 Å². The van der Waals surface area contributed by atoms with E-state index in [9.17, 15) is 0 Å². The summed E-state index contributed by atoms with van der Waals surface area (Å²) in [6.45, 7) is 4.46. The fourth-order valence-corrected chi connectivity index (χ4v) is 5.24. The average molecular weight is 372 g/mol. The highest BCUT2D eigenvalue weighted by atomic mass is 127. The number of thioether (sulfide) groups is 2. The minimum absolute atomic E-state index is 0.284. The van der Waals surface area contributed by atoms with E-state index < -0.39 is 0 Å². The van der Waals surface area contributed by atoms with Crippen LogP contribution < -0.4 is 0 Å². The van der Waals surface area contributed by atoms with E-state index in [0.717, 1.165) is 6.42 Å². The van der Waals surface area contributed by atoms with Crippen molar-refractivity contribution >= 4 is 46.1 Å². The quantitative estimate of drug-likeness (QED) is 0.432. The summed E-state index contributed by atoms with van der Waals surface area (Å²) in [4.78, 5) is 5.70. The van der Waals surface area contributed by atoms with Crippen LogP contribution >= 0.6 is 46.1 Å². The van der Waals surface area contributed by atoms with Crippen LogP contribution in [0.5, 0.6) is 0 Å². The second-order valence-corrected chi connectivity index (χ2v) is 9.35. The number of allylic oxidation sites excluding steroid dienone is 2. The van der Waals surface area contributed by atoms with Gasteiger partial charge >= 0.3 is 0 Å². The minimum Gasteiger partial charge on any atom is -0.0881 e. The molecule has 0 nitrogen and oxygen atoms in total. The van der Waals surface area contributed by atoms with Gasteiger partial charge in [0.25, 0.3) is 0 Å². The Labute approximate surface area is 124 Å². The lowest BCUT2D eigenvalue weighted by atomic mass is 10.0. The number of aryl methyl sites for hydroxylation is 1. The molecule has 1 unspecified atom stereocenters. The molecule has 0 saturated heterocycles. The Hall–Kier alpha value is 0.130. The van der Waals surface area contributed by atoms with Gasteiger partial charge in [-0.3, -0.25) is 0 Å². The monoisotopic (exact) mass is 372 g/mol. The summed E-state index contributed by atoms with van der Waals surface area (Å²) < 4.78 is 0.284. The van der Waals surface area contributed by atoms with Crippen LogP contribution in [0.1, 0.15) is 18.9 Å². The predicted octanol–water partition coefficient (Wildman–Crippen LogP) is 5.56. The highest BCUT2D eigenvalue weighted by molar-refractivity contribution is 14.1. The lowest BCUT2D eigenvalue weighted by Gasteiger charge is -2.29. The highest BCUT2D eigenvalue weighted by Crippen LogP contribution is 2.53. The molecule has 0 saturated carbocycles. The average Bonchev–Trinajstić information content (AvgIpc) is 2.26. The van der Waals surface area contributed by atoms with Crippen LogP contribution in [-0.2, 0) is 0 Å². The molecule has 1 aliphatic heterocycles. The van der Waals surface area contributed by atoms with Crippen LogP contribution in [0, 0.1) is 6.92 Å². The number of benzene rings is 1. The van der Waals surface area contributed by atoms with Crippen LogP contribution in [0.25, 0.3) is 0 Å². The van der Waals surface area contributed by atoms with Gasteiger partial charge in [0.1, 0.15) is 0 Å². The molecule has 17 heavy (non-hydrogen) atoms. The molecule has 88 valence electrons. The van der Waals surface area contributed by atoms with Gasteiger partial charge in [0.2, 0.25) is 0 Å². The summed E-state index contributed by atoms with van der Waals surface area (Å²) in [5.74, 6) is 0. The summed E-state index contributed by atoms with van der Waals surface area (Å²) in [5, 5.41) is 0. The SMILES string of the molecule is Cc1ccc2c(c1)SC1=CCC(C)(I)C=C1S2. The smallest absolute Gasteiger partial charge is 0.0421 e. The van der Waals surface area contributed by atoms with Crippen LogP contribution in [0.2, 0.25) is 0 Å². The first-order valence-corrected chi connectivity index (χ1v) is 8.33. The Morgan fingerprint density at radius 1 is 1.18 bits per heavy atom. The molecule has 3 rings (SSSR count). The Morgan fingerprint density at radius 3 is 2.76 bits per heavy atom. The number of hydrogen-bond donors (Lipinski definition) is 0. The second kappa shape index (κ2) is 4.35. The molecular weight excluding hydrogens is 359 g/mol. The lowest BCUT2D eigenvalue weighted by Crippen LogP contribution is -2.15. The Bertz CT molecular complexity index is 541. The number of halogens is 1. The molecular formula is C14H13IS2. The first-order chi connectivity index (χ1) is 8.03. The molecule has 1 aromatic carbocycles. The van der Waals surface area contributed by atoms with E-state index >= 15 is 0 Å². The maximum atomic E-state index is 2.54. The zero-order valence-corrected chi connectivity index (χ0v) is 13.6. The summed E-state index contributed by atoms with van der Waals surface area (Å²) in [6.07, 6.45) is 5.95. The van der Waals surface area contributed by atoms with E-state index in [0.29, 0.717) is 0 Å². The molecule has 2 aliphatic rings. The summed E-state index contributed by atoms with van der Waals surface area (Å²) in [7, 11) is 0. The maximum Gasteiger partial charge on any atom is 0.0421 e. The number of hydrogen-bond acceptors (Lipinski definition) is 2. The van der Waals surface area contributed by atoms with Crippen LogP contribution in [0.3, 0.4) is 0 Å². The summed E-state index contributed by atoms with van der Waals surface area (Å²) >= 11 is 6.38. The van der Waals surface area contributed by atoms with Crippen molar-refractivity contribution in [3.05, 3.63) is 45.7 Å². The van der Waals surface area contributed by atoms with Gasteiger partial charge in [-0.1, -0.05) is 64.3 Å². The molecule has 0 N–H and O–H groups in total. The minimum atomic E-state index is 0.284. The molecule has 0 bridgehead atoms. The van der Waals surface area contributed by atoms with Crippen molar-refractivity contribution in [3.8, 4) is 0 Å². The molecule has 1 aromatic rings. The van der Waals surface area contributed by atoms with Crippen molar-refractivity contribution in [1.29, 1.82) is 0 Å². The van der Waals surface area contributed by atoms with E-state index in [-0.39, 0.29) is 3.42 Å². The highest BCUT2D eigenvalue weighted by Gasteiger charge is 2.27. The summed E-state index contributed by atoms with van der Waals surface area (Å²) in [6, 6.07) is 6.75. The molecule has 1 heterocycles. The van der Waals surface area contributed by atoms with E-state index in [1.807, 2.05) is 23.5 Å². The Balaban J connectivity index is 2.04. The zero-order valence-electron chi connectivity index (χ0n) is 9.79. The lowest BCUT2D eigenvalue weighted by molar-refractivity contribution is 0.831. The number of rotatable bonds is 0. The van der Waals surface area contributed by atoms with Crippen molar-refractivity contribution in [2.24, 2.45) is 0 Å². The van der Waals surface area contributed by atoms with Crippen molar-refractivity contribution in [2.45, 2.75) is 33.5 Å². The normalized spacial score (nSPS) is 26.8. The van der Waals surface area contributed by atoms with Crippen molar-refractivity contribution in [3.63, 3.8) is 0 Å². The van der Waals surface area contributed by atoms with Gasteiger partial charge < -0.3 is 0 Å². The van der Waals surface area contributed by atoms with Gasteiger partial charge in [0.15, 0.2) is 0 Å². The molecule has 0 fully saturated rings. The summed E-state index contributed by atoms with van der Waals surface area (Å²) in [5.41, 5.74) is 1.35. The van der Waals surface area contributed by atoms with Gasteiger partial charge in [-0.25, -0.2) is 0 Å². The maximum absolute atomic E-state index is 2.54. The third kappa shape index (κ3) is 2.47. The van der Waals surface area contributed by atoms with Crippen molar-refractivity contribution < 1.29 is 0 Å². The largest absolute Gasteiger partial charge is 0.0881 e. The zero-order chi connectivity index (χ0) is 12.0. The van der Waals surface area contributed by atoms with Gasteiger partial charge in [-0.15, -0.1) is 0 Å². The Morgan fingerprint density at radius 2 is 1.94 bits per heavy atom. The van der Waals surface area contributed by atoms with Crippen LogP contribution in [-0.4, -0.2) is 3.42 Å². The van der Waals surface area contributed by atoms with Crippen LogP contribution in [0.15, 0.2) is 50.0 Å². The first-order valence-electron chi connectivity index (χ1n) is 5.62. The van der Waals surface area contributed by atoms with Gasteiger partial charge in [-0.05, 0) is 38.0 Å². The molecule has 0 amide bonds. The molecule has 1 atom stereocenters. The predicted molar refractivity (Wildman–Crippen MR) is 86.1 cm³/mol. The van der Waals surface area contributed by atoms with Gasteiger partial charge in [-0.2, -0.15) is 0 Å². The van der Waals surface area contributed by atoms with Crippen LogP contribution in [0.4, 0.5) is 0 Å². The van der Waals surface area contributed by atoms with Crippen molar-refractivity contribution in [1.82, 2.24) is 0 Å². The number of fused-ring (bicyclic) bond motifs is 2. The fourth-order valence-electron chi connectivity index (χ4n) is 1.98. The van der Waals surface area contributed by atoms with Gasteiger partial charge in [0.05, 0.1) is 0 Å². The molecule has 0 radical (unpaired) electrons. The van der Waals surface area contributed by atoms with Crippen molar-refractivity contribution in [2.75, 3.05) is 0 Å². The van der Waals surface area contributed by atoms with E-state index in [2.05, 4.69) is 66.8 Å². The van der Waals surface area contributed by atoms with Gasteiger partial charge in [0, 0.05) is 23.0 Å². The molecule has 1 aliphatic carbocycles. The molecule has 3 heteroatoms. The third-order valence-corrected chi connectivity index (χ3v) is 6.21. The Kier molecular flexibility index (Phi) is 3.12. The van der Waals surface area contributed by atoms with E-state index in [1.165, 1.54) is 25.2 Å². The first kappa shape index (κ1) is 12.2. The van der Waals surface area contributed by atoms with E-state index in [4.69, 9.17) is 0 Å². The molecule has 0 spiro atoms. The number of alkyl halides is 1. The second-order valence-electron chi connectivity index (χ2n) is 4.71. The standard InChI is InChI=1S/C14H13IS2/c1-9-3-4-10-12(7-9)16-11-5-6-14(2,15)8-13(11)17-10/h3-5,7-8H,6H2,1-2H3. The third-order valence-electron chi connectivity index (χ3n) is 2.90. The fraction of sp³-hybridized carbons (Fsp3) is 0.286. The molecule has 0 aromatic heterocycles.